The summed E-state index contributed by atoms with van der Waals surface area (Å²) in [5.74, 6) is 1.57. The highest BCUT2D eigenvalue weighted by Crippen LogP contribution is 2.39. The Morgan fingerprint density at radius 2 is 2.04 bits per heavy atom. The fourth-order valence-corrected chi connectivity index (χ4v) is 3.56. The SMILES string of the molecule is CCOc1ccc2c(c1)[C@H](NC(C)=O)C(=O)N2C[C@@H]1COc2ccccc2O1. The quantitative estimate of drug-likeness (QED) is 0.860. The minimum Gasteiger partial charge on any atom is -0.494 e. The van der Waals surface area contributed by atoms with Gasteiger partial charge in [-0.25, -0.2) is 0 Å². The smallest absolute Gasteiger partial charge is 0.254 e. The van der Waals surface area contributed by atoms with E-state index < -0.39 is 6.04 Å². The second-order valence-corrected chi connectivity index (χ2v) is 6.73. The number of para-hydroxylation sites is 2. The summed E-state index contributed by atoms with van der Waals surface area (Å²) >= 11 is 0. The molecule has 0 saturated carbocycles. The molecule has 2 aliphatic heterocycles. The molecule has 2 aromatic rings. The maximum Gasteiger partial charge on any atom is 0.254 e. The topological polar surface area (TPSA) is 77.1 Å². The van der Waals surface area contributed by atoms with Crippen LogP contribution in [0.25, 0.3) is 0 Å². The molecule has 0 spiro atoms. The molecule has 0 aromatic heterocycles. The second-order valence-electron chi connectivity index (χ2n) is 6.73. The highest BCUT2D eigenvalue weighted by molar-refractivity contribution is 6.06. The van der Waals surface area contributed by atoms with Crippen molar-refractivity contribution in [1.82, 2.24) is 5.32 Å². The number of benzene rings is 2. The fourth-order valence-electron chi connectivity index (χ4n) is 3.56. The van der Waals surface area contributed by atoms with Crippen LogP contribution < -0.4 is 24.4 Å². The Labute approximate surface area is 163 Å². The molecule has 7 nitrogen and oxygen atoms in total. The zero-order valence-electron chi connectivity index (χ0n) is 15.8. The van der Waals surface area contributed by atoms with Gasteiger partial charge in [-0.2, -0.15) is 0 Å². The van der Waals surface area contributed by atoms with E-state index in [9.17, 15) is 9.59 Å². The Balaban J connectivity index is 1.59. The van der Waals surface area contributed by atoms with Gasteiger partial charge < -0.3 is 24.4 Å². The van der Waals surface area contributed by atoms with Gasteiger partial charge in [-0.15, -0.1) is 0 Å². The van der Waals surface area contributed by atoms with E-state index in [-0.39, 0.29) is 17.9 Å². The van der Waals surface area contributed by atoms with Crippen LogP contribution >= 0.6 is 0 Å². The van der Waals surface area contributed by atoms with E-state index in [1.165, 1.54) is 6.92 Å². The van der Waals surface area contributed by atoms with Crippen LogP contribution in [-0.4, -0.2) is 37.7 Å². The molecule has 2 heterocycles. The molecule has 146 valence electrons. The van der Waals surface area contributed by atoms with Crippen molar-refractivity contribution in [1.29, 1.82) is 0 Å². The van der Waals surface area contributed by atoms with Crippen molar-refractivity contribution in [3.8, 4) is 17.2 Å². The number of carbonyl (C=O) groups excluding carboxylic acids is 2. The predicted molar refractivity (Wildman–Crippen MR) is 103 cm³/mol. The number of hydrogen-bond donors (Lipinski definition) is 1. The van der Waals surface area contributed by atoms with Crippen molar-refractivity contribution in [2.45, 2.75) is 26.0 Å². The molecule has 2 amide bonds. The van der Waals surface area contributed by atoms with Gasteiger partial charge in [0.05, 0.1) is 13.2 Å². The van der Waals surface area contributed by atoms with E-state index in [4.69, 9.17) is 14.2 Å². The van der Waals surface area contributed by atoms with Crippen molar-refractivity contribution < 1.29 is 23.8 Å². The highest BCUT2D eigenvalue weighted by atomic mass is 16.6. The van der Waals surface area contributed by atoms with Crippen LogP contribution in [0.15, 0.2) is 42.5 Å². The van der Waals surface area contributed by atoms with Crippen LogP contribution in [0.2, 0.25) is 0 Å². The molecule has 0 fully saturated rings. The first-order valence-corrected chi connectivity index (χ1v) is 9.30. The summed E-state index contributed by atoms with van der Waals surface area (Å²) in [6, 6.07) is 12.2. The lowest BCUT2D eigenvalue weighted by Crippen LogP contribution is -2.44. The van der Waals surface area contributed by atoms with E-state index in [0.717, 1.165) is 11.3 Å². The van der Waals surface area contributed by atoms with Crippen molar-refractivity contribution in [3.63, 3.8) is 0 Å². The van der Waals surface area contributed by atoms with Crippen LogP contribution in [0.3, 0.4) is 0 Å². The van der Waals surface area contributed by atoms with Gasteiger partial charge in [0.1, 0.15) is 18.4 Å². The molecule has 0 aliphatic carbocycles. The third kappa shape index (κ3) is 3.35. The third-order valence-electron chi connectivity index (χ3n) is 4.73. The monoisotopic (exact) mass is 382 g/mol. The average molecular weight is 382 g/mol. The Hall–Kier alpha value is -3.22. The number of amides is 2. The Morgan fingerprint density at radius 1 is 1.25 bits per heavy atom. The van der Waals surface area contributed by atoms with Crippen molar-refractivity contribution in [2.24, 2.45) is 0 Å². The predicted octanol–water partition coefficient (Wildman–Crippen LogP) is 2.45. The van der Waals surface area contributed by atoms with Gasteiger partial charge in [-0.05, 0) is 37.3 Å². The van der Waals surface area contributed by atoms with E-state index >= 15 is 0 Å². The minimum atomic E-state index is -0.732. The second kappa shape index (κ2) is 7.42. The summed E-state index contributed by atoms with van der Waals surface area (Å²) in [6.07, 6.45) is -0.311. The zero-order valence-corrected chi connectivity index (χ0v) is 15.8. The number of hydrogen-bond acceptors (Lipinski definition) is 5. The first-order valence-electron chi connectivity index (χ1n) is 9.30. The van der Waals surface area contributed by atoms with Crippen molar-refractivity contribution in [2.75, 3.05) is 24.7 Å². The van der Waals surface area contributed by atoms with Crippen LogP contribution in [0.4, 0.5) is 5.69 Å². The van der Waals surface area contributed by atoms with Crippen molar-refractivity contribution in [3.05, 3.63) is 48.0 Å². The molecule has 4 rings (SSSR count). The van der Waals surface area contributed by atoms with Crippen LogP contribution in [0.1, 0.15) is 25.5 Å². The van der Waals surface area contributed by atoms with Crippen LogP contribution in [-0.2, 0) is 9.59 Å². The zero-order chi connectivity index (χ0) is 19.7. The lowest BCUT2D eigenvalue weighted by molar-refractivity contribution is -0.126. The Bertz CT molecular complexity index is 913. The van der Waals surface area contributed by atoms with Gasteiger partial charge in [-0.1, -0.05) is 12.1 Å². The third-order valence-corrected chi connectivity index (χ3v) is 4.73. The summed E-state index contributed by atoms with van der Waals surface area (Å²) in [5.41, 5.74) is 1.47. The molecule has 0 saturated heterocycles. The number of fused-ring (bicyclic) bond motifs is 2. The number of carbonyl (C=O) groups is 2. The van der Waals surface area contributed by atoms with E-state index in [2.05, 4.69) is 5.32 Å². The highest BCUT2D eigenvalue weighted by Gasteiger charge is 2.40. The van der Waals surface area contributed by atoms with Gasteiger partial charge in [0.25, 0.3) is 5.91 Å². The first-order chi connectivity index (χ1) is 13.6. The lowest BCUT2D eigenvalue weighted by atomic mass is 10.1. The molecule has 2 aromatic carbocycles. The van der Waals surface area contributed by atoms with Crippen LogP contribution in [0, 0.1) is 0 Å². The molecule has 2 aliphatic rings. The molecule has 2 atom stereocenters. The number of nitrogens with zero attached hydrogens (tertiary/aromatic N) is 1. The standard InChI is InChI=1S/C21H22N2O5/c1-3-26-14-8-9-17-16(10-14)20(22-13(2)24)21(25)23(17)11-15-12-27-18-6-4-5-7-19(18)28-15/h4-10,15,20H,3,11-12H2,1-2H3,(H,22,24)/t15-,20+/m1/s1. The van der Waals surface area contributed by atoms with Gasteiger partial charge in [-0.3, -0.25) is 9.59 Å². The normalized spacial score (nSPS) is 19.9. The maximum atomic E-state index is 13.1. The average Bonchev–Trinajstić information content (AvgIpc) is 2.93. The molecule has 0 radical (unpaired) electrons. The van der Waals surface area contributed by atoms with E-state index in [1.807, 2.05) is 49.4 Å². The Morgan fingerprint density at radius 3 is 2.79 bits per heavy atom. The summed E-state index contributed by atoms with van der Waals surface area (Å²) in [7, 11) is 0. The number of anilines is 1. The fraction of sp³-hybridized carbons (Fsp3) is 0.333. The van der Waals surface area contributed by atoms with E-state index in [1.54, 1.807) is 4.90 Å². The Kier molecular flexibility index (Phi) is 4.81. The number of nitrogens with one attached hydrogen (secondary N) is 1. The molecule has 0 bridgehead atoms. The lowest BCUT2D eigenvalue weighted by Gasteiger charge is -2.30. The minimum absolute atomic E-state index is 0.193. The summed E-state index contributed by atoms with van der Waals surface area (Å²) in [4.78, 5) is 26.3. The van der Waals surface area contributed by atoms with Gasteiger partial charge >= 0.3 is 0 Å². The van der Waals surface area contributed by atoms with Crippen molar-refractivity contribution >= 4 is 17.5 Å². The maximum absolute atomic E-state index is 13.1. The largest absolute Gasteiger partial charge is 0.494 e. The van der Waals surface area contributed by atoms with Gasteiger partial charge in [0.15, 0.2) is 17.6 Å². The van der Waals surface area contributed by atoms with Crippen LogP contribution in [0.5, 0.6) is 17.2 Å². The summed E-state index contributed by atoms with van der Waals surface area (Å²) < 4.78 is 17.3. The molecule has 28 heavy (non-hydrogen) atoms. The summed E-state index contributed by atoms with van der Waals surface area (Å²) in [6.45, 7) is 4.49. The molecule has 7 heteroatoms. The van der Waals surface area contributed by atoms with E-state index in [0.29, 0.717) is 37.0 Å². The molecule has 1 N–H and O–H groups in total. The molecular weight excluding hydrogens is 360 g/mol. The number of ether oxygens (including phenoxy) is 3. The summed E-state index contributed by atoms with van der Waals surface area (Å²) in [5, 5.41) is 2.74. The molecular formula is C21H22N2O5. The first kappa shape index (κ1) is 18.2. The molecule has 0 unspecified atom stereocenters. The number of rotatable bonds is 5. The van der Waals surface area contributed by atoms with Gasteiger partial charge in [0, 0.05) is 18.2 Å². The van der Waals surface area contributed by atoms with Gasteiger partial charge in [0.2, 0.25) is 5.91 Å².